The van der Waals surface area contributed by atoms with Crippen LogP contribution < -0.4 is 5.73 Å². The van der Waals surface area contributed by atoms with Gasteiger partial charge >= 0.3 is 0 Å². The molecular weight excluding hydrogens is 599 g/mol. The van der Waals surface area contributed by atoms with Gasteiger partial charge in [-0.2, -0.15) is 0 Å². The Labute approximate surface area is 310 Å². The van der Waals surface area contributed by atoms with Crippen molar-refractivity contribution >= 4 is 11.8 Å². The molecule has 48 heavy (non-hydrogen) atoms. The van der Waals surface area contributed by atoms with Crippen molar-refractivity contribution in [1.29, 1.82) is 0 Å². The number of unbranched alkanes of at least 4 members (excludes halogenated alkanes) is 32. The Hall–Kier alpha value is 0.310. The second kappa shape index (κ2) is 37.1. The molecule has 0 radical (unpaired) electrons. The summed E-state index contributed by atoms with van der Waals surface area (Å²) in [5, 5.41) is 0.828. The molecule has 0 saturated heterocycles. The van der Waals surface area contributed by atoms with Crippen LogP contribution in [-0.2, 0) is 0 Å². The van der Waals surface area contributed by atoms with Crippen LogP contribution >= 0.6 is 11.8 Å². The minimum Gasteiger partial charge on any atom is -0.317 e. The summed E-state index contributed by atoms with van der Waals surface area (Å²) in [6.45, 7) is 4.63. The quantitative estimate of drug-likeness (QED) is 0.0396. The highest BCUT2D eigenvalue weighted by molar-refractivity contribution is 8.01. The monoisotopic (exact) mass is 692 g/mol. The maximum Gasteiger partial charge on any atom is 0.0623 e. The second-order valence-electron chi connectivity index (χ2n) is 16.6. The Morgan fingerprint density at radius 1 is 0.354 bits per heavy atom. The molecule has 0 aromatic heterocycles. The van der Waals surface area contributed by atoms with Gasteiger partial charge in [-0.05, 0) is 25.7 Å². The van der Waals surface area contributed by atoms with E-state index in [4.69, 9.17) is 5.73 Å². The van der Waals surface area contributed by atoms with E-state index in [-0.39, 0.29) is 4.87 Å². The van der Waals surface area contributed by atoms with Crippen molar-refractivity contribution in [3.8, 4) is 0 Å². The number of hydrogen-bond donors (Lipinski definition) is 1. The van der Waals surface area contributed by atoms with E-state index >= 15 is 0 Å². The Balaban J connectivity index is 2.06. The molecule has 0 aromatic carbocycles. The lowest BCUT2D eigenvalue weighted by molar-refractivity contribution is 0.446. The first-order valence-electron chi connectivity index (χ1n) is 23.2. The van der Waals surface area contributed by atoms with E-state index in [2.05, 4.69) is 25.6 Å². The summed E-state index contributed by atoms with van der Waals surface area (Å²) in [5.74, 6) is 0. The van der Waals surface area contributed by atoms with Crippen LogP contribution in [0.1, 0.15) is 284 Å². The van der Waals surface area contributed by atoms with Gasteiger partial charge < -0.3 is 5.73 Å². The normalized spacial score (nSPS) is 14.6. The first-order valence-corrected chi connectivity index (χ1v) is 24.0. The van der Waals surface area contributed by atoms with E-state index in [1.165, 1.54) is 270 Å². The third-order valence-electron chi connectivity index (χ3n) is 11.6. The number of nitrogens with two attached hydrogens (primary N) is 1. The molecule has 1 rings (SSSR count). The Morgan fingerprint density at radius 3 is 0.833 bits per heavy atom. The van der Waals surface area contributed by atoms with Gasteiger partial charge in [0.25, 0.3) is 0 Å². The summed E-state index contributed by atoms with van der Waals surface area (Å²) in [4.78, 5) is 0.0417. The Bertz CT molecular complexity index is 559. The zero-order chi connectivity index (χ0) is 34.5. The molecule has 1 nitrogen and oxygen atoms in total. The molecular formula is C46H93NS. The van der Waals surface area contributed by atoms with Gasteiger partial charge in [0.15, 0.2) is 0 Å². The minimum absolute atomic E-state index is 0.0417. The summed E-state index contributed by atoms with van der Waals surface area (Å²) >= 11 is 2.24. The van der Waals surface area contributed by atoms with Gasteiger partial charge in [-0.25, -0.2) is 0 Å². The van der Waals surface area contributed by atoms with Gasteiger partial charge in [-0.1, -0.05) is 258 Å². The molecule has 2 N–H and O–H groups in total. The van der Waals surface area contributed by atoms with E-state index in [0.717, 1.165) is 5.25 Å². The van der Waals surface area contributed by atoms with Crippen LogP contribution in [-0.4, -0.2) is 10.1 Å². The molecule has 0 spiro atoms. The highest BCUT2D eigenvalue weighted by atomic mass is 32.2. The molecule has 0 amide bonds. The highest BCUT2D eigenvalue weighted by Gasteiger charge is 2.29. The molecule has 2 heteroatoms. The van der Waals surface area contributed by atoms with Gasteiger partial charge in [0.2, 0.25) is 0 Å². The first kappa shape index (κ1) is 46.3. The number of hydrogen-bond acceptors (Lipinski definition) is 2. The fraction of sp³-hybridized carbons (Fsp3) is 1.00. The average molecular weight is 692 g/mol. The van der Waals surface area contributed by atoms with Crippen LogP contribution in [0, 0.1) is 0 Å². The maximum absolute atomic E-state index is 7.28. The summed E-state index contributed by atoms with van der Waals surface area (Å²) in [7, 11) is 0. The molecule has 1 aliphatic carbocycles. The van der Waals surface area contributed by atoms with Crippen molar-refractivity contribution in [3.63, 3.8) is 0 Å². The smallest absolute Gasteiger partial charge is 0.0623 e. The topological polar surface area (TPSA) is 26.0 Å². The zero-order valence-corrected chi connectivity index (χ0v) is 34.6. The van der Waals surface area contributed by atoms with E-state index in [0.29, 0.717) is 0 Å². The standard InChI is InChI=1S/C46H93NS/c1-3-5-7-9-11-13-15-17-19-21-23-25-27-29-31-35-39-43-46(47,48-45-41-37-33-34-38-42-45)44-40-36-32-30-28-26-24-22-20-18-16-14-12-10-8-6-4-2/h45H,3-44,47H2,1-2H3. The SMILES string of the molecule is CCCCCCCCCCCCCCCCCCCC(N)(CCCCCCCCCCCCCCCCCCC)SC1CCCCCC1. The van der Waals surface area contributed by atoms with Crippen molar-refractivity contribution < 1.29 is 0 Å². The second-order valence-corrected chi connectivity index (χ2v) is 18.3. The molecule has 1 aliphatic rings. The van der Waals surface area contributed by atoms with Crippen LogP contribution in [0.15, 0.2) is 0 Å². The molecule has 288 valence electrons. The Kier molecular flexibility index (Phi) is 35.8. The minimum atomic E-state index is 0.0417. The van der Waals surface area contributed by atoms with Crippen molar-refractivity contribution in [2.75, 3.05) is 0 Å². The van der Waals surface area contributed by atoms with Gasteiger partial charge in [-0.3, -0.25) is 0 Å². The largest absolute Gasteiger partial charge is 0.317 e. The molecule has 0 unspecified atom stereocenters. The fourth-order valence-corrected chi connectivity index (χ4v) is 9.99. The molecule has 1 fully saturated rings. The molecule has 0 bridgehead atoms. The van der Waals surface area contributed by atoms with Gasteiger partial charge in [0.05, 0.1) is 4.87 Å². The van der Waals surface area contributed by atoms with Crippen LogP contribution in [0.2, 0.25) is 0 Å². The lowest BCUT2D eigenvalue weighted by atomic mass is 9.99. The van der Waals surface area contributed by atoms with E-state index in [1.54, 1.807) is 0 Å². The van der Waals surface area contributed by atoms with Gasteiger partial charge in [0, 0.05) is 5.25 Å². The van der Waals surface area contributed by atoms with Crippen molar-refractivity contribution in [2.45, 2.75) is 294 Å². The third kappa shape index (κ3) is 32.2. The first-order chi connectivity index (χ1) is 23.7. The van der Waals surface area contributed by atoms with E-state index < -0.39 is 0 Å². The van der Waals surface area contributed by atoms with E-state index in [1.807, 2.05) is 0 Å². The Morgan fingerprint density at radius 2 is 0.583 bits per heavy atom. The summed E-state index contributed by atoms with van der Waals surface area (Å²) in [6, 6.07) is 0. The summed E-state index contributed by atoms with van der Waals surface area (Å²) in [6.07, 6.45) is 60.4. The molecule has 1 saturated carbocycles. The fourth-order valence-electron chi connectivity index (χ4n) is 8.23. The number of thioether (sulfide) groups is 1. The maximum atomic E-state index is 7.28. The van der Waals surface area contributed by atoms with Crippen LogP contribution in [0.25, 0.3) is 0 Å². The number of rotatable bonds is 38. The van der Waals surface area contributed by atoms with Gasteiger partial charge in [-0.15, -0.1) is 11.8 Å². The van der Waals surface area contributed by atoms with Crippen LogP contribution in [0.5, 0.6) is 0 Å². The molecule has 0 aromatic rings. The predicted octanol–water partition coefficient (Wildman–Crippen LogP) is 17.2. The van der Waals surface area contributed by atoms with Crippen molar-refractivity contribution in [3.05, 3.63) is 0 Å². The highest BCUT2D eigenvalue weighted by Crippen LogP contribution is 2.39. The van der Waals surface area contributed by atoms with Crippen LogP contribution in [0.4, 0.5) is 0 Å². The molecule has 0 atom stereocenters. The van der Waals surface area contributed by atoms with Crippen LogP contribution in [0.3, 0.4) is 0 Å². The lowest BCUT2D eigenvalue weighted by Gasteiger charge is -2.33. The predicted molar refractivity (Wildman–Crippen MR) is 224 cm³/mol. The zero-order valence-electron chi connectivity index (χ0n) is 33.8. The lowest BCUT2D eigenvalue weighted by Crippen LogP contribution is -2.38. The van der Waals surface area contributed by atoms with Gasteiger partial charge in [0.1, 0.15) is 0 Å². The third-order valence-corrected chi connectivity index (χ3v) is 13.3. The average Bonchev–Trinajstić information content (AvgIpc) is 3.36. The summed E-state index contributed by atoms with van der Waals surface area (Å²) < 4.78 is 0. The molecule has 0 heterocycles. The molecule has 0 aliphatic heterocycles. The summed E-state index contributed by atoms with van der Waals surface area (Å²) in [5.41, 5.74) is 7.28. The van der Waals surface area contributed by atoms with Crippen molar-refractivity contribution in [2.24, 2.45) is 5.73 Å². The van der Waals surface area contributed by atoms with Crippen molar-refractivity contribution in [1.82, 2.24) is 0 Å². The van der Waals surface area contributed by atoms with E-state index in [9.17, 15) is 0 Å².